The molecule has 2 aliphatic heterocycles. The normalized spacial score (nSPS) is 39.1. The van der Waals surface area contributed by atoms with Gasteiger partial charge < -0.3 is 19.7 Å². The molecule has 0 spiro atoms. The van der Waals surface area contributed by atoms with E-state index < -0.39 is 0 Å². The highest BCUT2D eigenvalue weighted by Gasteiger charge is 2.38. The minimum atomic E-state index is 0.0562. The summed E-state index contributed by atoms with van der Waals surface area (Å²) in [6, 6.07) is 0. The molecule has 2 rings (SSSR count). The zero-order chi connectivity index (χ0) is 10.7. The Bertz CT molecular complexity index is 261. The molecule has 4 nitrogen and oxygen atoms in total. The summed E-state index contributed by atoms with van der Waals surface area (Å²) in [5.41, 5.74) is 0. The van der Waals surface area contributed by atoms with E-state index >= 15 is 0 Å². The lowest BCUT2D eigenvalue weighted by Crippen LogP contribution is -1.95. The number of epoxide rings is 2. The van der Waals surface area contributed by atoms with Crippen LogP contribution in [-0.4, -0.2) is 47.8 Å². The van der Waals surface area contributed by atoms with Gasteiger partial charge in [-0.25, -0.2) is 0 Å². The number of rotatable bonds is 6. The van der Waals surface area contributed by atoms with Gasteiger partial charge in [-0.1, -0.05) is 24.3 Å². The Labute approximate surface area is 88.8 Å². The molecule has 0 aromatic rings. The Balaban J connectivity index is 1.63. The monoisotopic (exact) mass is 212 g/mol. The van der Waals surface area contributed by atoms with Gasteiger partial charge in [-0.3, -0.25) is 0 Å². The second-order valence-corrected chi connectivity index (χ2v) is 3.71. The van der Waals surface area contributed by atoms with Crippen molar-refractivity contribution in [3.05, 3.63) is 24.3 Å². The molecular formula is C11H16O4. The highest BCUT2D eigenvalue weighted by molar-refractivity contribution is 5.14. The van der Waals surface area contributed by atoms with Crippen LogP contribution in [0.2, 0.25) is 0 Å². The third-order valence-electron chi connectivity index (χ3n) is 2.52. The first-order chi connectivity index (χ1) is 7.35. The first-order valence-electron chi connectivity index (χ1n) is 5.23. The van der Waals surface area contributed by atoms with Crippen molar-refractivity contribution >= 4 is 0 Å². The second-order valence-electron chi connectivity index (χ2n) is 3.71. The molecule has 2 heterocycles. The Kier molecular flexibility index (Phi) is 3.53. The van der Waals surface area contributed by atoms with E-state index in [0.29, 0.717) is 6.42 Å². The van der Waals surface area contributed by atoms with Crippen LogP contribution in [0, 0.1) is 0 Å². The lowest BCUT2D eigenvalue weighted by molar-refractivity contribution is 0.263. The van der Waals surface area contributed by atoms with Crippen molar-refractivity contribution in [3.8, 4) is 0 Å². The predicted octanol–water partition coefficient (Wildman–Crippen LogP) is 0.00830. The van der Waals surface area contributed by atoms with Gasteiger partial charge in [0.15, 0.2) is 0 Å². The zero-order valence-electron chi connectivity index (χ0n) is 8.45. The lowest BCUT2D eigenvalue weighted by Gasteiger charge is -1.84. The predicted molar refractivity (Wildman–Crippen MR) is 54.4 cm³/mol. The molecule has 0 aromatic heterocycles. The molecule has 0 aliphatic carbocycles. The quantitative estimate of drug-likeness (QED) is 0.481. The average molecular weight is 212 g/mol. The fourth-order valence-corrected chi connectivity index (χ4v) is 1.55. The van der Waals surface area contributed by atoms with E-state index in [2.05, 4.69) is 0 Å². The van der Waals surface area contributed by atoms with Crippen LogP contribution in [0.3, 0.4) is 0 Å². The molecule has 2 aliphatic rings. The Hall–Kier alpha value is -0.680. The third kappa shape index (κ3) is 3.14. The lowest BCUT2D eigenvalue weighted by atomic mass is 10.2. The molecule has 0 bridgehead atoms. The van der Waals surface area contributed by atoms with Crippen LogP contribution >= 0.6 is 0 Å². The van der Waals surface area contributed by atoms with Crippen LogP contribution < -0.4 is 0 Å². The highest BCUT2D eigenvalue weighted by atomic mass is 16.6. The van der Waals surface area contributed by atoms with Gasteiger partial charge in [0.2, 0.25) is 0 Å². The van der Waals surface area contributed by atoms with Crippen LogP contribution in [0.4, 0.5) is 0 Å². The number of aliphatic hydroxyl groups excluding tert-OH is 2. The topological polar surface area (TPSA) is 65.5 Å². The van der Waals surface area contributed by atoms with Crippen LogP contribution in [0.25, 0.3) is 0 Å². The van der Waals surface area contributed by atoms with Gasteiger partial charge in [-0.15, -0.1) is 0 Å². The fraction of sp³-hybridized carbons (Fsp3) is 0.636. The summed E-state index contributed by atoms with van der Waals surface area (Å²) in [5.74, 6) is 0. The molecule has 0 aromatic carbocycles. The van der Waals surface area contributed by atoms with Crippen molar-refractivity contribution in [3.63, 3.8) is 0 Å². The largest absolute Gasteiger partial charge is 0.396 e. The van der Waals surface area contributed by atoms with Crippen molar-refractivity contribution in [1.82, 2.24) is 0 Å². The maximum atomic E-state index is 8.66. The van der Waals surface area contributed by atoms with Crippen LogP contribution in [0.15, 0.2) is 24.3 Å². The molecule has 4 atom stereocenters. The van der Waals surface area contributed by atoms with E-state index in [1.807, 2.05) is 18.2 Å². The zero-order valence-corrected chi connectivity index (χ0v) is 8.45. The Morgan fingerprint density at radius 3 is 2.40 bits per heavy atom. The number of hydrogen-bond acceptors (Lipinski definition) is 4. The van der Waals surface area contributed by atoms with Crippen molar-refractivity contribution < 1.29 is 19.7 Å². The van der Waals surface area contributed by atoms with Gasteiger partial charge in [0, 0.05) is 6.61 Å². The molecule has 15 heavy (non-hydrogen) atoms. The SMILES string of the molecule is OCC=C[C@@H]1O[C@H]1C=C[C@@H]1O[C@H]1CCO. The molecule has 2 fully saturated rings. The molecule has 84 valence electrons. The van der Waals surface area contributed by atoms with Gasteiger partial charge in [0.1, 0.15) is 18.3 Å². The Morgan fingerprint density at radius 2 is 1.67 bits per heavy atom. The van der Waals surface area contributed by atoms with Crippen molar-refractivity contribution in [2.24, 2.45) is 0 Å². The standard InChI is InChI=1S/C11H16O4/c12-6-1-2-8-9(14-8)3-4-10-11(15-10)5-7-13/h1-4,8-13H,5-7H2/t8-,9-,10-,11-/m0/s1. The van der Waals surface area contributed by atoms with E-state index in [1.165, 1.54) is 0 Å². The molecule has 4 heteroatoms. The molecular weight excluding hydrogens is 196 g/mol. The number of hydrogen-bond donors (Lipinski definition) is 2. The molecule has 2 saturated heterocycles. The van der Waals surface area contributed by atoms with Crippen molar-refractivity contribution in [1.29, 1.82) is 0 Å². The smallest absolute Gasteiger partial charge is 0.106 e. The van der Waals surface area contributed by atoms with E-state index in [4.69, 9.17) is 19.7 Å². The van der Waals surface area contributed by atoms with Gasteiger partial charge in [0.25, 0.3) is 0 Å². The highest BCUT2D eigenvalue weighted by Crippen LogP contribution is 2.29. The van der Waals surface area contributed by atoms with Crippen molar-refractivity contribution in [2.45, 2.75) is 30.8 Å². The van der Waals surface area contributed by atoms with E-state index in [9.17, 15) is 0 Å². The van der Waals surface area contributed by atoms with Gasteiger partial charge in [-0.05, 0) is 6.42 Å². The van der Waals surface area contributed by atoms with E-state index in [0.717, 1.165) is 0 Å². The summed E-state index contributed by atoms with van der Waals surface area (Å²) in [4.78, 5) is 0. The maximum Gasteiger partial charge on any atom is 0.106 e. The summed E-state index contributed by atoms with van der Waals surface area (Å²) >= 11 is 0. The maximum absolute atomic E-state index is 8.66. The fourth-order valence-electron chi connectivity index (χ4n) is 1.55. The molecule has 0 saturated carbocycles. The Morgan fingerprint density at radius 1 is 0.933 bits per heavy atom. The number of aliphatic hydroxyl groups is 2. The summed E-state index contributed by atoms with van der Waals surface area (Å²) in [5, 5.41) is 17.2. The minimum absolute atomic E-state index is 0.0562. The van der Waals surface area contributed by atoms with E-state index in [-0.39, 0.29) is 37.6 Å². The first kappa shape index (κ1) is 10.8. The minimum Gasteiger partial charge on any atom is -0.396 e. The summed E-state index contributed by atoms with van der Waals surface area (Å²) in [6.07, 6.45) is 8.80. The molecule has 2 N–H and O–H groups in total. The second kappa shape index (κ2) is 4.90. The molecule has 0 amide bonds. The van der Waals surface area contributed by atoms with Crippen molar-refractivity contribution in [2.75, 3.05) is 13.2 Å². The summed E-state index contributed by atoms with van der Waals surface area (Å²) < 4.78 is 10.6. The van der Waals surface area contributed by atoms with Crippen LogP contribution in [0.5, 0.6) is 0 Å². The molecule has 0 unspecified atom stereocenters. The molecule has 0 radical (unpaired) electrons. The third-order valence-corrected chi connectivity index (χ3v) is 2.52. The average Bonchev–Trinajstić information content (AvgIpc) is 3.09. The summed E-state index contributed by atoms with van der Waals surface area (Å²) in [7, 11) is 0. The van der Waals surface area contributed by atoms with Crippen LogP contribution in [0.1, 0.15) is 6.42 Å². The van der Waals surface area contributed by atoms with Gasteiger partial charge in [-0.2, -0.15) is 0 Å². The van der Waals surface area contributed by atoms with Gasteiger partial charge >= 0.3 is 0 Å². The van der Waals surface area contributed by atoms with Gasteiger partial charge in [0.05, 0.1) is 12.7 Å². The van der Waals surface area contributed by atoms with Crippen LogP contribution in [-0.2, 0) is 9.47 Å². The number of ether oxygens (including phenoxy) is 2. The summed E-state index contributed by atoms with van der Waals surface area (Å²) in [6.45, 7) is 0.234. The first-order valence-corrected chi connectivity index (χ1v) is 5.23. The van der Waals surface area contributed by atoms with E-state index in [1.54, 1.807) is 6.08 Å².